The van der Waals surface area contributed by atoms with E-state index in [1.807, 2.05) is 26.0 Å². The maximum Gasteiger partial charge on any atom is 3.00 e. The normalized spacial score (nSPS) is 19.6. The van der Waals surface area contributed by atoms with Crippen molar-refractivity contribution in [3.63, 3.8) is 0 Å². The SMILES string of the molecule is C[N+](C)(C)CC([O-])CN1CCN(CC(=O)[O-])CCN(CC(=O)[O-])CCN(CC(=O)[O-])CC1.[Gd+3]. The fourth-order valence-electron chi connectivity index (χ4n) is 3.74. The number of hydrogen-bond acceptors (Lipinski definition) is 11. The first-order chi connectivity index (χ1) is 14.8. The first kappa shape index (κ1) is 32.5. The summed E-state index contributed by atoms with van der Waals surface area (Å²) in [5, 5.41) is 46.0. The maximum atomic E-state index is 12.6. The van der Waals surface area contributed by atoms with Gasteiger partial charge < -0.3 is 44.2 Å². The zero-order valence-corrected chi connectivity index (χ0v) is 22.0. The minimum atomic E-state index is -1.26. The molecule has 1 rings (SSSR count). The Balaban J connectivity index is 0.0000102. The van der Waals surface area contributed by atoms with Gasteiger partial charge in [0, 0.05) is 72.0 Å². The minimum absolute atomic E-state index is 0. The van der Waals surface area contributed by atoms with E-state index in [-0.39, 0.29) is 92.3 Å². The second-order valence-electron chi connectivity index (χ2n) is 9.34. The Bertz CT molecular complexity index is 588. The third kappa shape index (κ3) is 16.7. The van der Waals surface area contributed by atoms with Gasteiger partial charge >= 0.3 is 39.9 Å². The Morgan fingerprint density at radius 3 is 1.18 bits per heavy atom. The number of rotatable bonds is 10. The van der Waals surface area contributed by atoms with Crippen LogP contribution in [0, 0.1) is 39.9 Å². The molecule has 33 heavy (non-hydrogen) atoms. The van der Waals surface area contributed by atoms with Crippen LogP contribution in [0.3, 0.4) is 0 Å². The quantitative estimate of drug-likeness (QED) is 0.215. The average Bonchev–Trinajstić information content (AvgIpc) is 2.61. The van der Waals surface area contributed by atoms with Crippen LogP contribution >= 0.6 is 0 Å². The summed E-state index contributed by atoms with van der Waals surface area (Å²) < 4.78 is 0.518. The van der Waals surface area contributed by atoms with Gasteiger partial charge in [-0.25, -0.2) is 0 Å². The van der Waals surface area contributed by atoms with Gasteiger partial charge in [-0.3, -0.25) is 14.7 Å². The largest absolute Gasteiger partial charge is 3.00 e. The molecule has 191 valence electrons. The van der Waals surface area contributed by atoms with Crippen molar-refractivity contribution < 1.29 is 79.2 Å². The molecule has 13 heteroatoms. The van der Waals surface area contributed by atoms with E-state index in [0.29, 0.717) is 37.2 Å². The van der Waals surface area contributed by atoms with Gasteiger partial charge in [-0.15, -0.1) is 0 Å². The van der Waals surface area contributed by atoms with Crippen LogP contribution in [0.4, 0.5) is 0 Å². The molecular formula is C20H36GdN5O7. The van der Waals surface area contributed by atoms with E-state index < -0.39 is 24.0 Å². The molecule has 12 nitrogen and oxygen atoms in total. The van der Waals surface area contributed by atoms with Gasteiger partial charge in [0.2, 0.25) is 0 Å². The summed E-state index contributed by atoms with van der Waals surface area (Å²) in [6, 6.07) is 0. The predicted molar refractivity (Wildman–Crippen MR) is 107 cm³/mol. The van der Waals surface area contributed by atoms with Gasteiger partial charge in [0.05, 0.1) is 45.6 Å². The summed E-state index contributed by atoms with van der Waals surface area (Å²) in [4.78, 5) is 40.2. The number of carboxylic acids is 3. The molecular weight excluding hydrogens is 579 g/mol. The zero-order valence-electron chi connectivity index (χ0n) is 19.7. The second-order valence-corrected chi connectivity index (χ2v) is 9.34. The van der Waals surface area contributed by atoms with Crippen molar-refractivity contribution in [3.05, 3.63) is 0 Å². The summed E-state index contributed by atoms with van der Waals surface area (Å²) in [6.45, 7) is 2.38. The number of hydrogen-bond donors (Lipinski definition) is 0. The summed E-state index contributed by atoms with van der Waals surface area (Å²) in [5.74, 6) is -3.73. The molecule has 0 spiro atoms. The van der Waals surface area contributed by atoms with E-state index in [0.717, 1.165) is 0 Å². The molecule has 0 bridgehead atoms. The van der Waals surface area contributed by atoms with Gasteiger partial charge in [-0.05, 0) is 6.54 Å². The molecule has 1 aliphatic heterocycles. The van der Waals surface area contributed by atoms with Crippen molar-refractivity contribution >= 4 is 17.9 Å². The van der Waals surface area contributed by atoms with E-state index in [4.69, 9.17) is 0 Å². The van der Waals surface area contributed by atoms with E-state index >= 15 is 0 Å². The maximum absolute atomic E-state index is 12.6. The molecule has 1 atom stereocenters. The smallest absolute Gasteiger partial charge is 0.847 e. The van der Waals surface area contributed by atoms with Crippen molar-refractivity contribution in [1.29, 1.82) is 0 Å². The van der Waals surface area contributed by atoms with Crippen molar-refractivity contribution in [3.8, 4) is 0 Å². The Morgan fingerprint density at radius 1 is 0.667 bits per heavy atom. The van der Waals surface area contributed by atoms with Crippen LogP contribution < -0.4 is 20.4 Å². The number of likely N-dealkylation sites (N-methyl/N-ethyl adjacent to an activating group) is 1. The van der Waals surface area contributed by atoms with E-state index in [1.54, 1.807) is 14.7 Å². The third-order valence-corrected chi connectivity index (χ3v) is 5.20. The number of carbonyl (C=O) groups is 3. The van der Waals surface area contributed by atoms with Crippen molar-refractivity contribution in [2.75, 3.05) is 106 Å². The van der Waals surface area contributed by atoms with Crippen LogP contribution in [0.1, 0.15) is 0 Å². The minimum Gasteiger partial charge on any atom is -0.847 e. The second kappa shape index (κ2) is 16.2. The molecule has 1 aliphatic rings. The van der Waals surface area contributed by atoms with Crippen LogP contribution in [0.25, 0.3) is 0 Å². The monoisotopic (exact) mass is 616 g/mol. The topological polar surface area (TPSA) is 156 Å². The van der Waals surface area contributed by atoms with Crippen LogP contribution in [0.5, 0.6) is 0 Å². The molecule has 1 saturated heterocycles. The first-order valence-electron chi connectivity index (χ1n) is 10.8. The van der Waals surface area contributed by atoms with E-state index in [2.05, 4.69) is 0 Å². The molecule has 0 N–H and O–H groups in total. The third-order valence-electron chi connectivity index (χ3n) is 5.20. The van der Waals surface area contributed by atoms with Crippen LogP contribution in [0.15, 0.2) is 0 Å². The average molecular weight is 616 g/mol. The number of nitrogens with zero attached hydrogens (tertiary/aromatic N) is 5. The van der Waals surface area contributed by atoms with Crippen molar-refractivity contribution in [2.24, 2.45) is 0 Å². The van der Waals surface area contributed by atoms with Crippen molar-refractivity contribution in [1.82, 2.24) is 19.6 Å². The Kier molecular flexibility index (Phi) is 16.0. The predicted octanol–water partition coefficient (Wildman–Crippen LogP) is -7.11. The summed E-state index contributed by atoms with van der Waals surface area (Å²) in [5.41, 5.74) is 0. The Hall–Kier alpha value is -0.505. The fraction of sp³-hybridized carbons (Fsp3) is 0.850. The molecule has 0 aromatic heterocycles. The molecule has 0 aliphatic carbocycles. The zero-order chi connectivity index (χ0) is 24.3. The number of carbonyl (C=O) groups excluding carboxylic acids is 3. The summed E-state index contributed by atoms with van der Waals surface area (Å²) >= 11 is 0. The molecule has 1 radical (unpaired) electrons. The van der Waals surface area contributed by atoms with Crippen LogP contribution in [-0.2, 0) is 14.4 Å². The fourth-order valence-corrected chi connectivity index (χ4v) is 3.74. The van der Waals surface area contributed by atoms with Gasteiger partial charge in [0.25, 0.3) is 0 Å². The molecule has 0 aromatic rings. The van der Waals surface area contributed by atoms with Crippen LogP contribution in [-0.4, -0.2) is 154 Å². The first-order valence-corrected chi connectivity index (χ1v) is 10.8. The molecule has 0 aromatic carbocycles. The summed E-state index contributed by atoms with van der Waals surface area (Å²) in [7, 11) is 5.80. The Morgan fingerprint density at radius 2 is 0.939 bits per heavy atom. The van der Waals surface area contributed by atoms with Crippen molar-refractivity contribution in [2.45, 2.75) is 6.10 Å². The number of aliphatic carboxylic acids is 3. The van der Waals surface area contributed by atoms with Crippen LogP contribution in [0.2, 0.25) is 0 Å². The van der Waals surface area contributed by atoms with Gasteiger partial charge in [-0.2, -0.15) is 0 Å². The Labute approximate surface area is 228 Å². The van der Waals surface area contributed by atoms with Gasteiger partial charge in [-0.1, -0.05) is 6.10 Å². The van der Waals surface area contributed by atoms with Gasteiger partial charge in [0.15, 0.2) is 0 Å². The standard InChI is InChI=1S/C20H39N5O7.Gd/c1-25(2,3)16-17(26)12-21-4-6-22(13-18(27)28)8-10-24(15-20(31)32)11-9-23(7-5-21)14-19(29)30;/h17H,4-16H2,1-3H3,(H,27,28)(H,29,30)(H,31,32);/q;+3/p-3. The van der Waals surface area contributed by atoms with E-state index in [9.17, 15) is 34.8 Å². The summed E-state index contributed by atoms with van der Waals surface area (Å²) in [6.07, 6.45) is -0.856. The molecule has 1 fully saturated rings. The van der Waals surface area contributed by atoms with Gasteiger partial charge in [0.1, 0.15) is 0 Å². The molecule has 1 unspecified atom stereocenters. The molecule has 1 heterocycles. The molecule has 0 amide bonds. The number of carboxylic acid groups (broad SMARTS) is 3. The number of quaternary nitrogens is 1. The molecule has 0 saturated carbocycles. The van der Waals surface area contributed by atoms with E-state index in [1.165, 1.54) is 0 Å².